The van der Waals surface area contributed by atoms with Gasteiger partial charge >= 0.3 is 5.97 Å². The highest BCUT2D eigenvalue weighted by Crippen LogP contribution is 2.10. The monoisotopic (exact) mass is 200 g/mol. The highest BCUT2D eigenvalue weighted by molar-refractivity contribution is 7.07. The maximum absolute atomic E-state index is 10.2. The number of aliphatic hydroxyl groups is 1. The van der Waals surface area contributed by atoms with Gasteiger partial charge in [-0.05, 0) is 35.2 Å². The van der Waals surface area contributed by atoms with E-state index >= 15 is 0 Å². The second kappa shape index (κ2) is 4.99. The van der Waals surface area contributed by atoms with E-state index in [1.54, 1.807) is 11.3 Å². The summed E-state index contributed by atoms with van der Waals surface area (Å²) in [5.74, 6) is -0.946. The van der Waals surface area contributed by atoms with E-state index in [1.807, 2.05) is 16.8 Å². The zero-order chi connectivity index (χ0) is 9.68. The van der Waals surface area contributed by atoms with Gasteiger partial charge in [0, 0.05) is 0 Å². The summed E-state index contributed by atoms with van der Waals surface area (Å²) in [6.07, 6.45) is 0.378. The molecule has 1 rings (SSSR count). The average Bonchev–Trinajstić information content (AvgIpc) is 2.51. The third kappa shape index (κ3) is 4.05. The lowest BCUT2D eigenvalue weighted by Crippen LogP contribution is -2.13. The molecule has 0 aliphatic rings. The predicted molar refractivity (Wildman–Crippen MR) is 50.9 cm³/mol. The molecule has 13 heavy (non-hydrogen) atoms. The van der Waals surface area contributed by atoms with Crippen molar-refractivity contribution in [1.29, 1.82) is 0 Å². The Morgan fingerprint density at radius 3 is 2.92 bits per heavy atom. The van der Waals surface area contributed by atoms with Crippen LogP contribution in [0.15, 0.2) is 16.8 Å². The van der Waals surface area contributed by atoms with E-state index in [0.717, 1.165) is 12.0 Å². The summed E-state index contributed by atoms with van der Waals surface area (Å²) >= 11 is 1.61. The zero-order valence-corrected chi connectivity index (χ0v) is 7.96. The van der Waals surface area contributed by atoms with Crippen molar-refractivity contribution in [3.8, 4) is 0 Å². The molecule has 0 aliphatic carbocycles. The van der Waals surface area contributed by atoms with Crippen molar-refractivity contribution in [2.24, 2.45) is 0 Å². The van der Waals surface area contributed by atoms with E-state index < -0.39 is 12.1 Å². The summed E-state index contributed by atoms with van der Waals surface area (Å²) in [6, 6.07) is 1.98. The van der Waals surface area contributed by atoms with Crippen LogP contribution in [0.1, 0.15) is 18.4 Å². The molecule has 1 heterocycles. The molecule has 3 nitrogen and oxygen atoms in total. The van der Waals surface area contributed by atoms with Crippen LogP contribution < -0.4 is 0 Å². The van der Waals surface area contributed by atoms with Crippen molar-refractivity contribution < 1.29 is 15.0 Å². The van der Waals surface area contributed by atoms with E-state index in [9.17, 15) is 9.90 Å². The Morgan fingerprint density at radius 2 is 2.38 bits per heavy atom. The highest BCUT2D eigenvalue weighted by Gasteiger charge is 2.09. The molecule has 0 saturated heterocycles. The molecule has 0 aliphatic heterocycles. The number of aliphatic carboxylic acids is 1. The number of carbonyl (C=O) groups is 1. The van der Waals surface area contributed by atoms with Crippen LogP contribution in [0.2, 0.25) is 0 Å². The van der Waals surface area contributed by atoms with E-state index in [-0.39, 0.29) is 6.42 Å². The molecule has 2 N–H and O–H groups in total. The number of carboxylic acid groups (broad SMARTS) is 1. The molecule has 4 heteroatoms. The minimum absolute atomic E-state index is 0.163. The van der Waals surface area contributed by atoms with Crippen molar-refractivity contribution in [2.45, 2.75) is 25.4 Å². The molecule has 72 valence electrons. The SMILES string of the molecule is O=C(O)CC(O)CCc1ccsc1. The molecule has 0 bridgehead atoms. The second-order valence-corrected chi connectivity index (χ2v) is 3.70. The van der Waals surface area contributed by atoms with Crippen LogP contribution in [-0.4, -0.2) is 22.3 Å². The van der Waals surface area contributed by atoms with Gasteiger partial charge < -0.3 is 10.2 Å². The Morgan fingerprint density at radius 1 is 1.62 bits per heavy atom. The quantitative estimate of drug-likeness (QED) is 0.757. The number of aryl methyl sites for hydroxylation is 1. The Labute approximate surface area is 80.6 Å². The van der Waals surface area contributed by atoms with Gasteiger partial charge in [-0.25, -0.2) is 0 Å². The number of hydrogen-bond acceptors (Lipinski definition) is 3. The largest absolute Gasteiger partial charge is 0.481 e. The Hall–Kier alpha value is -0.870. The van der Waals surface area contributed by atoms with Gasteiger partial charge in [0.15, 0.2) is 0 Å². The number of rotatable bonds is 5. The highest BCUT2D eigenvalue weighted by atomic mass is 32.1. The summed E-state index contributed by atoms with van der Waals surface area (Å²) in [5, 5.41) is 21.6. The minimum atomic E-state index is -0.946. The standard InChI is InChI=1S/C9H12O3S/c10-8(5-9(11)12)2-1-7-3-4-13-6-7/h3-4,6,8,10H,1-2,5H2,(H,11,12). The summed E-state index contributed by atoms with van der Waals surface area (Å²) < 4.78 is 0. The molecule has 0 fully saturated rings. The van der Waals surface area contributed by atoms with Crippen molar-refractivity contribution in [3.05, 3.63) is 22.4 Å². The van der Waals surface area contributed by atoms with Gasteiger partial charge in [0.25, 0.3) is 0 Å². The van der Waals surface area contributed by atoms with Crippen molar-refractivity contribution >= 4 is 17.3 Å². The summed E-state index contributed by atoms with van der Waals surface area (Å²) in [7, 11) is 0. The Kier molecular flexibility index (Phi) is 3.92. The maximum Gasteiger partial charge on any atom is 0.305 e. The zero-order valence-electron chi connectivity index (χ0n) is 7.14. The number of aliphatic hydroxyl groups excluding tert-OH is 1. The molecule has 1 atom stereocenters. The topological polar surface area (TPSA) is 57.5 Å². The molecule has 0 spiro atoms. The Balaban J connectivity index is 2.22. The first-order valence-corrected chi connectivity index (χ1v) is 5.03. The predicted octanol–water partition coefficient (Wildman–Crippen LogP) is 1.52. The fourth-order valence-corrected chi connectivity index (χ4v) is 1.77. The summed E-state index contributed by atoms with van der Waals surface area (Å²) in [5.41, 5.74) is 1.16. The van der Waals surface area contributed by atoms with E-state index in [1.165, 1.54) is 0 Å². The lowest BCUT2D eigenvalue weighted by molar-refractivity contribution is -0.139. The fraction of sp³-hybridized carbons (Fsp3) is 0.444. The second-order valence-electron chi connectivity index (χ2n) is 2.92. The third-order valence-corrected chi connectivity index (χ3v) is 2.49. The van der Waals surface area contributed by atoms with Gasteiger partial charge in [0.2, 0.25) is 0 Å². The van der Waals surface area contributed by atoms with Crippen molar-refractivity contribution in [2.75, 3.05) is 0 Å². The van der Waals surface area contributed by atoms with Crippen LogP contribution in [0.3, 0.4) is 0 Å². The number of carboxylic acids is 1. The van der Waals surface area contributed by atoms with Gasteiger partial charge in [-0.2, -0.15) is 11.3 Å². The molecule has 1 aromatic rings. The fourth-order valence-electron chi connectivity index (χ4n) is 1.07. The van der Waals surface area contributed by atoms with Crippen molar-refractivity contribution in [3.63, 3.8) is 0 Å². The molecule has 0 radical (unpaired) electrons. The average molecular weight is 200 g/mol. The van der Waals surface area contributed by atoms with Gasteiger partial charge in [-0.15, -0.1) is 0 Å². The van der Waals surface area contributed by atoms with Gasteiger partial charge in [-0.1, -0.05) is 0 Å². The molecule has 1 aromatic heterocycles. The smallest absolute Gasteiger partial charge is 0.305 e. The van der Waals surface area contributed by atoms with Crippen LogP contribution in [-0.2, 0) is 11.2 Å². The first kappa shape index (κ1) is 10.2. The molecular formula is C9H12O3S. The van der Waals surface area contributed by atoms with Gasteiger partial charge in [0.1, 0.15) is 0 Å². The first-order chi connectivity index (χ1) is 6.18. The number of thiophene rings is 1. The lowest BCUT2D eigenvalue weighted by Gasteiger charge is -2.05. The van der Waals surface area contributed by atoms with Crippen LogP contribution >= 0.6 is 11.3 Å². The molecule has 1 unspecified atom stereocenters. The molecule has 0 aromatic carbocycles. The summed E-state index contributed by atoms with van der Waals surface area (Å²) in [4.78, 5) is 10.2. The van der Waals surface area contributed by atoms with Crippen molar-refractivity contribution in [1.82, 2.24) is 0 Å². The van der Waals surface area contributed by atoms with E-state index in [4.69, 9.17) is 5.11 Å². The summed E-state index contributed by atoms with van der Waals surface area (Å²) in [6.45, 7) is 0. The molecular weight excluding hydrogens is 188 g/mol. The maximum atomic E-state index is 10.2. The van der Waals surface area contributed by atoms with Crippen LogP contribution in [0, 0.1) is 0 Å². The van der Waals surface area contributed by atoms with Gasteiger partial charge in [-0.3, -0.25) is 4.79 Å². The normalized spacial score (nSPS) is 12.7. The van der Waals surface area contributed by atoms with Crippen LogP contribution in [0.5, 0.6) is 0 Å². The van der Waals surface area contributed by atoms with Crippen LogP contribution in [0.4, 0.5) is 0 Å². The minimum Gasteiger partial charge on any atom is -0.481 e. The third-order valence-electron chi connectivity index (χ3n) is 1.76. The Bertz CT molecular complexity index is 256. The van der Waals surface area contributed by atoms with E-state index in [0.29, 0.717) is 6.42 Å². The van der Waals surface area contributed by atoms with Crippen LogP contribution in [0.25, 0.3) is 0 Å². The van der Waals surface area contributed by atoms with Gasteiger partial charge in [0.05, 0.1) is 12.5 Å². The first-order valence-electron chi connectivity index (χ1n) is 4.09. The molecule has 0 amide bonds. The molecule has 0 saturated carbocycles. The number of hydrogen-bond donors (Lipinski definition) is 2. The lowest BCUT2D eigenvalue weighted by atomic mass is 10.1. The van der Waals surface area contributed by atoms with E-state index in [2.05, 4.69) is 0 Å².